The molecule has 5 nitrogen and oxygen atoms in total. The summed E-state index contributed by atoms with van der Waals surface area (Å²) in [7, 11) is 1.60. The molecule has 140 valence electrons. The second kappa shape index (κ2) is 8.52. The molecule has 2 rings (SSSR count). The lowest BCUT2D eigenvalue weighted by Crippen LogP contribution is -2.48. The summed E-state index contributed by atoms with van der Waals surface area (Å²) >= 11 is 0. The zero-order chi connectivity index (χ0) is 18.4. The molecule has 1 amide bonds. The van der Waals surface area contributed by atoms with Gasteiger partial charge in [0.25, 0.3) is 0 Å². The Bertz CT molecular complexity index is 556. The summed E-state index contributed by atoms with van der Waals surface area (Å²) < 4.78 is 30.9. The highest BCUT2D eigenvalue weighted by Crippen LogP contribution is 2.24. The van der Waals surface area contributed by atoms with E-state index in [1.54, 1.807) is 27.9 Å². The minimum absolute atomic E-state index is 0.217. The smallest absolute Gasteiger partial charge is 0.412 e. The molecule has 0 saturated carbocycles. The van der Waals surface area contributed by atoms with E-state index in [4.69, 9.17) is 14.2 Å². The molecule has 0 N–H and O–H groups in total. The second-order valence-corrected chi connectivity index (χ2v) is 7.24. The van der Waals surface area contributed by atoms with Crippen LogP contribution in [0.2, 0.25) is 0 Å². The molecule has 1 aromatic carbocycles. The van der Waals surface area contributed by atoms with Gasteiger partial charge in [0, 0.05) is 6.54 Å². The molecule has 0 spiro atoms. The van der Waals surface area contributed by atoms with Crippen LogP contribution in [0, 0.1) is 0 Å². The van der Waals surface area contributed by atoms with Crippen molar-refractivity contribution in [1.29, 1.82) is 0 Å². The minimum atomic E-state index is -1.23. The molecule has 1 aliphatic heterocycles. The normalized spacial score (nSPS) is 21.6. The number of hydrogen-bond acceptors (Lipinski definition) is 4. The van der Waals surface area contributed by atoms with Crippen LogP contribution in [0.1, 0.15) is 45.6 Å². The van der Waals surface area contributed by atoms with Crippen molar-refractivity contribution < 1.29 is 23.4 Å². The number of alkyl halides is 1. The Hall–Kier alpha value is -1.82. The molecule has 25 heavy (non-hydrogen) atoms. The van der Waals surface area contributed by atoms with Crippen LogP contribution in [0.3, 0.4) is 0 Å². The Labute approximate surface area is 149 Å². The summed E-state index contributed by atoms with van der Waals surface area (Å²) in [5, 5.41) is 0. The Morgan fingerprint density at radius 2 is 1.92 bits per heavy atom. The van der Waals surface area contributed by atoms with Crippen molar-refractivity contribution in [2.24, 2.45) is 0 Å². The van der Waals surface area contributed by atoms with Crippen LogP contribution >= 0.6 is 0 Å². The number of ether oxygens (including phenoxy) is 3. The molecule has 6 heteroatoms. The Morgan fingerprint density at radius 3 is 2.52 bits per heavy atom. The van der Waals surface area contributed by atoms with Crippen molar-refractivity contribution in [3.8, 4) is 5.75 Å². The molecule has 1 saturated heterocycles. The third kappa shape index (κ3) is 5.88. The average Bonchev–Trinajstić information content (AvgIpc) is 2.73. The fraction of sp³-hybridized carbons (Fsp3) is 0.632. The van der Waals surface area contributed by atoms with Crippen LogP contribution in [-0.2, 0) is 16.1 Å². The average molecular weight is 353 g/mol. The van der Waals surface area contributed by atoms with Gasteiger partial charge in [0.2, 0.25) is 0 Å². The van der Waals surface area contributed by atoms with Gasteiger partial charge in [0.05, 0.1) is 13.7 Å². The van der Waals surface area contributed by atoms with Crippen LogP contribution in [0.5, 0.6) is 5.75 Å². The van der Waals surface area contributed by atoms with E-state index < -0.39 is 24.1 Å². The first-order chi connectivity index (χ1) is 11.8. The van der Waals surface area contributed by atoms with Crippen LogP contribution in [0.15, 0.2) is 24.3 Å². The minimum Gasteiger partial charge on any atom is -0.497 e. The van der Waals surface area contributed by atoms with Crippen molar-refractivity contribution >= 4 is 6.09 Å². The number of carbonyl (C=O) groups excluding carboxylic acids is 1. The van der Waals surface area contributed by atoms with E-state index in [9.17, 15) is 9.18 Å². The predicted octanol–water partition coefficient (Wildman–Crippen LogP) is 4.30. The lowest BCUT2D eigenvalue weighted by molar-refractivity contribution is -0.104. The first-order valence-electron chi connectivity index (χ1n) is 8.68. The zero-order valence-corrected chi connectivity index (χ0v) is 15.5. The molecule has 2 atom stereocenters. The number of hydrogen-bond donors (Lipinski definition) is 0. The summed E-state index contributed by atoms with van der Waals surface area (Å²) in [5.41, 5.74) is 0.261. The molecule has 1 aliphatic rings. The first kappa shape index (κ1) is 19.5. The van der Waals surface area contributed by atoms with Gasteiger partial charge in [-0.1, -0.05) is 12.1 Å². The van der Waals surface area contributed by atoms with Crippen molar-refractivity contribution in [1.82, 2.24) is 4.90 Å². The van der Waals surface area contributed by atoms with Crippen LogP contribution in [0.4, 0.5) is 9.18 Å². The third-order valence-corrected chi connectivity index (χ3v) is 3.95. The van der Waals surface area contributed by atoms with Crippen LogP contribution in [-0.4, -0.2) is 42.6 Å². The number of rotatable bonds is 4. The lowest BCUT2D eigenvalue weighted by atomic mass is 10.2. The molecule has 1 fully saturated rings. The second-order valence-electron chi connectivity index (χ2n) is 7.24. The van der Waals surface area contributed by atoms with Gasteiger partial charge in [-0.15, -0.1) is 0 Å². The van der Waals surface area contributed by atoms with E-state index in [0.717, 1.165) is 24.2 Å². The maximum Gasteiger partial charge on any atom is 0.412 e. The summed E-state index contributed by atoms with van der Waals surface area (Å²) in [4.78, 5) is 13.8. The van der Waals surface area contributed by atoms with Crippen molar-refractivity contribution in [3.63, 3.8) is 0 Å². The van der Waals surface area contributed by atoms with Gasteiger partial charge < -0.3 is 14.2 Å². The van der Waals surface area contributed by atoms with Gasteiger partial charge in [-0.3, -0.25) is 4.90 Å². The van der Waals surface area contributed by atoms with E-state index >= 15 is 0 Å². The number of methoxy groups -OCH3 is 1. The molecule has 2 unspecified atom stereocenters. The highest BCUT2D eigenvalue weighted by molar-refractivity contribution is 5.68. The molecular weight excluding hydrogens is 325 g/mol. The van der Waals surface area contributed by atoms with Crippen molar-refractivity contribution in [3.05, 3.63) is 29.8 Å². The Kier molecular flexibility index (Phi) is 6.64. The number of carbonyl (C=O) groups is 1. The SMILES string of the molecule is COc1ccc(COC2C(F)CCCCN2C(=O)OC(C)(C)C)cc1. The van der Waals surface area contributed by atoms with Gasteiger partial charge >= 0.3 is 6.09 Å². The topological polar surface area (TPSA) is 48.0 Å². The van der Waals surface area contributed by atoms with E-state index in [1.807, 2.05) is 24.3 Å². The molecule has 0 aliphatic carbocycles. The molecule has 1 aromatic rings. The summed E-state index contributed by atoms with van der Waals surface area (Å²) in [6.45, 7) is 6.03. The molecular formula is C19H28FNO4. The quantitative estimate of drug-likeness (QED) is 0.810. The number of nitrogens with zero attached hydrogens (tertiary/aromatic N) is 1. The summed E-state index contributed by atoms with van der Waals surface area (Å²) in [6, 6.07) is 7.37. The number of benzene rings is 1. The maximum atomic E-state index is 14.6. The predicted molar refractivity (Wildman–Crippen MR) is 93.3 cm³/mol. The maximum absolute atomic E-state index is 14.6. The molecule has 0 aromatic heterocycles. The lowest BCUT2D eigenvalue weighted by Gasteiger charge is -2.33. The molecule has 1 heterocycles. The summed E-state index contributed by atoms with van der Waals surface area (Å²) in [5.74, 6) is 0.747. The Balaban J connectivity index is 2.06. The van der Waals surface area contributed by atoms with E-state index in [0.29, 0.717) is 13.0 Å². The number of amides is 1. The van der Waals surface area contributed by atoms with Gasteiger partial charge in [-0.05, 0) is 57.7 Å². The largest absolute Gasteiger partial charge is 0.497 e. The first-order valence-corrected chi connectivity index (χ1v) is 8.68. The fourth-order valence-electron chi connectivity index (χ4n) is 2.70. The van der Waals surface area contributed by atoms with E-state index in [1.165, 1.54) is 4.90 Å². The van der Waals surface area contributed by atoms with Gasteiger partial charge in [-0.2, -0.15) is 0 Å². The monoisotopic (exact) mass is 353 g/mol. The van der Waals surface area contributed by atoms with Gasteiger partial charge in [-0.25, -0.2) is 9.18 Å². The van der Waals surface area contributed by atoms with Gasteiger partial charge in [0.15, 0.2) is 6.23 Å². The summed E-state index contributed by atoms with van der Waals surface area (Å²) in [6.07, 6.45) is -0.846. The molecule has 0 bridgehead atoms. The fourth-order valence-corrected chi connectivity index (χ4v) is 2.70. The van der Waals surface area contributed by atoms with E-state index in [-0.39, 0.29) is 6.61 Å². The third-order valence-electron chi connectivity index (χ3n) is 3.95. The number of likely N-dealkylation sites (tertiary alicyclic amines) is 1. The van der Waals surface area contributed by atoms with Crippen molar-refractivity contribution in [2.45, 2.75) is 64.6 Å². The van der Waals surface area contributed by atoms with Crippen molar-refractivity contribution in [2.75, 3.05) is 13.7 Å². The van der Waals surface area contributed by atoms with Crippen LogP contribution in [0.25, 0.3) is 0 Å². The highest BCUT2D eigenvalue weighted by Gasteiger charge is 2.36. The Morgan fingerprint density at radius 1 is 1.24 bits per heavy atom. The number of halogens is 1. The van der Waals surface area contributed by atoms with Crippen LogP contribution < -0.4 is 4.74 Å². The standard InChI is InChI=1S/C19H28FNO4/c1-19(2,3)25-18(22)21-12-6-5-7-16(20)17(21)24-13-14-8-10-15(23-4)11-9-14/h8-11,16-17H,5-7,12-13H2,1-4H3. The zero-order valence-electron chi connectivity index (χ0n) is 15.5. The molecule has 0 radical (unpaired) electrons. The van der Waals surface area contributed by atoms with E-state index in [2.05, 4.69) is 0 Å². The highest BCUT2D eigenvalue weighted by atomic mass is 19.1. The van der Waals surface area contributed by atoms with Gasteiger partial charge in [0.1, 0.15) is 17.5 Å².